The minimum atomic E-state index is -2.95. The fraction of sp³-hybridized carbons (Fsp3) is 0.444. The Balaban J connectivity index is 2.59. The van der Waals surface area contributed by atoms with Crippen molar-refractivity contribution >= 4 is 18.0 Å². The van der Waals surface area contributed by atoms with Crippen LogP contribution in [0.4, 0.5) is 8.78 Å². The number of alkyl halides is 2. The number of amides is 1. The number of rotatable bonds is 10. The van der Waals surface area contributed by atoms with Crippen molar-refractivity contribution in [1.82, 2.24) is 5.32 Å². The highest BCUT2D eigenvalue weighted by molar-refractivity contribution is 5.92. The second kappa shape index (κ2) is 11.1. The number of nitrogens with one attached hydrogen (secondary N) is 1. The van der Waals surface area contributed by atoms with Gasteiger partial charge >= 0.3 is 12.6 Å². The summed E-state index contributed by atoms with van der Waals surface area (Å²) in [5.74, 6) is -0.702. The summed E-state index contributed by atoms with van der Waals surface area (Å²) >= 11 is 0. The standard InChI is InChI=1S/C18H23F2NO5/c1-4-24-15-11-13(5-7-14(15)26-18(19)20)6-8-16(22)21-10-9-17(23)25-12(2)3/h5-8,11-12,18H,4,9-10H2,1-3H3,(H,21,22)/b8-6+. The summed E-state index contributed by atoms with van der Waals surface area (Å²) in [7, 11) is 0. The average molecular weight is 371 g/mol. The van der Waals surface area contributed by atoms with Crippen LogP contribution in [0.3, 0.4) is 0 Å². The van der Waals surface area contributed by atoms with Gasteiger partial charge in [0.15, 0.2) is 11.5 Å². The van der Waals surface area contributed by atoms with E-state index in [-0.39, 0.29) is 43.1 Å². The second-order valence-electron chi connectivity index (χ2n) is 5.43. The van der Waals surface area contributed by atoms with Gasteiger partial charge in [-0.15, -0.1) is 0 Å². The van der Waals surface area contributed by atoms with Crippen LogP contribution in [0, 0.1) is 0 Å². The fourth-order valence-electron chi connectivity index (χ4n) is 1.93. The van der Waals surface area contributed by atoms with E-state index in [1.165, 1.54) is 30.4 Å². The molecule has 0 aliphatic heterocycles. The molecule has 1 N–H and O–H groups in total. The zero-order chi connectivity index (χ0) is 19.5. The van der Waals surface area contributed by atoms with E-state index in [4.69, 9.17) is 9.47 Å². The molecule has 1 rings (SSSR count). The molecular weight excluding hydrogens is 348 g/mol. The van der Waals surface area contributed by atoms with E-state index in [1.807, 2.05) is 0 Å². The third-order valence-electron chi connectivity index (χ3n) is 2.91. The molecule has 1 amide bonds. The van der Waals surface area contributed by atoms with E-state index in [0.29, 0.717) is 5.56 Å². The van der Waals surface area contributed by atoms with Gasteiger partial charge in [-0.25, -0.2) is 0 Å². The zero-order valence-electron chi connectivity index (χ0n) is 15.0. The molecule has 0 spiro atoms. The number of esters is 1. The lowest BCUT2D eigenvalue weighted by Crippen LogP contribution is -2.25. The van der Waals surface area contributed by atoms with Crippen molar-refractivity contribution in [3.8, 4) is 11.5 Å². The summed E-state index contributed by atoms with van der Waals surface area (Å²) in [5, 5.41) is 2.55. The van der Waals surface area contributed by atoms with Crippen molar-refractivity contribution in [1.29, 1.82) is 0 Å². The molecule has 0 bridgehead atoms. The van der Waals surface area contributed by atoms with E-state index in [1.54, 1.807) is 20.8 Å². The van der Waals surface area contributed by atoms with Crippen LogP contribution in [0.1, 0.15) is 32.8 Å². The van der Waals surface area contributed by atoms with Gasteiger partial charge < -0.3 is 19.5 Å². The molecule has 0 radical (unpaired) electrons. The van der Waals surface area contributed by atoms with E-state index in [0.717, 1.165) is 0 Å². The minimum Gasteiger partial charge on any atom is -0.490 e. The molecule has 0 saturated carbocycles. The average Bonchev–Trinajstić information content (AvgIpc) is 2.54. The first kappa shape index (κ1) is 21.4. The molecule has 8 heteroatoms. The molecule has 0 aliphatic carbocycles. The number of carbonyl (C=O) groups excluding carboxylic acids is 2. The van der Waals surface area contributed by atoms with Crippen molar-refractivity contribution in [2.75, 3.05) is 13.2 Å². The van der Waals surface area contributed by atoms with E-state index in [9.17, 15) is 18.4 Å². The van der Waals surface area contributed by atoms with Crippen LogP contribution in [0.15, 0.2) is 24.3 Å². The van der Waals surface area contributed by atoms with Gasteiger partial charge in [0, 0.05) is 12.6 Å². The highest BCUT2D eigenvalue weighted by Gasteiger charge is 2.11. The van der Waals surface area contributed by atoms with E-state index in [2.05, 4.69) is 10.1 Å². The Hall–Kier alpha value is -2.64. The molecule has 1 aromatic carbocycles. The molecule has 0 heterocycles. The van der Waals surface area contributed by atoms with Crippen LogP contribution in [-0.2, 0) is 14.3 Å². The molecule has 1 aromatic rings. The number of benzene rings is 1. The minimum absolute atomic E-state index is 0.0753. The highest BCUT2D eigenvalue weighted by atomic mass is 19.3. The van der Waals surface area contributed by atoms with Gasteiger partial charge in [-0.1, -0.05) is 6.07 Å². The molecule has 26 heavy (non-hydrogen) atoms. The molecule has 6 nitrogen and oxygen atoms in total. The Morgan fingerprint density at radius 3 is 2.58 bits per heavy atom. The number of hydrogen-bond donors (Lipinski definition) is 1. The fourth-order valence-corrected chi connectivity index (χ4v) is 1.93. The predicted molar refractivity (Wildman–Crippen MR) is 92.1 cm³/mol. The largest absolute Gasteiger partial charge is 0.490 e. The second-order valence-corrected chi connectivity index (χ2v) is 5.43. The van der Waals surface area contributed by atoms with Crippen molar-refractivity contribution < 1.29 is 32.6 Å². The van der Waals surface area contributed by atoms with Gasteiger partial charge in [0.2, 0.25) is 5.91 Å². The first-order valence-corrected chi connectivity index (χ1v) is 8.18. The quantitative estimate of drug-likeness (QED) is 0.505. The Morgan fingerprint density at radius 2 is 1.96 bits per heavy atom. The van der Waals surface area contributed by atoms with Gasteiger partial charge in [-0.2, -0.15) is 8.78 Å². The summed E-state index contributed by atoms with van der Waals surface area (Å²) < 4.78 is 39.3. The lowest BCUT2D eigenvalue weighted by Gasteiger charge is -2.11. The third kappa shape index (κ3) is 8.46. The third-order valence-corrected chi connectivity index (χ3v) is 2.91. The zero-order valence-corrected chi connectivity index (χ0v) is 15.0. The molecule has 144 valence electrons. The smallest absolute Gasteiger partial charge is 0.387 e. The maximum absolute atomic E-state index is 12.4. The van der Waals surface area contributed by atoms with Gasteiger partial charge in [0.1, 0.15) is 0 Å². The lowest BCUT2D eigenvalue weighted by atomic mass is 10.2. The summed E-state index contributed by atoms with van der Waals surface area (Å²) in [6.07, 6.45) is 2.64. The number of hydrogen-bond acceptors (Lipinski definition) is 5. The Morgan fingerprint density at radius 1 is 1.23 bits per heavy atom. The number of halogens is 2. The molecular formula is C18H23F2NO5. The Labute approximate surface area is 151 Å². The van der Waals surface area contributed by atoms with Crippen molar-refractivity contribution in [2.24, 2.45) is 0 Å². The van der Waals surface area contributed by atoms with Crippen molar-refractivity contribution in [2.45, 2.75) is 39.9 Å². The van der Waals surface area contributed by atoms with Gasteiger partial charge in [0.25, 0.3) is 0 Å². The van der Waals surface area contributed by atoms with Crippen molar-refractivity contribution in [3.05, 3.63) is 29.8 Å². The first-order valence-electron chi connectivity index (χ1n) is 8.18. The van der Waals surface area contributed by atoms with Crippen LogP contribution < -0.4 is 14.8 Å². The molecule has 0 atom stereocenters. The van der Waals surface area contributed by atoms with E-state index >= 15 is 0 Å². The molecule has 0 aliphatic rings. The SMILES string of the molecule is CCOc1cc(/C=C/C(=O)NCCC(=O)OC(C)C)ccc1OC(F)F. The van der Waals surface area contributed by atoms with Crippen LogP contribution in [0.5, 0.6) is 11.5 Å². The monoisotopic (exact) mass is 371 g/mol. The molecule has 0 aromatic heterocycles. The summed E-state index contributed by atoms with van der Waals surface area (Å²) in [6, 6.07) is 4.35. The number of carbonyl (C=O) groups is 2. The molecule has 0 unspecified atom stereocenters. The van der Waals surface area contributed by atoms with Gasteiger partial charge in [-0.05, 0) is 44.5 Å². The Bertz CT molecular complexity index is 632. The van der Waals surface area contributed by atoms with Gasteiger partial charge in [-0.3, -0.25) is 9.59 Å². The summed E-state index contributed by atoms with van der Waals surface area (Å²) in [5.41, 5.74) is 0.574. The molecule has 0 fully saturated rings. The summed E-state index contributed by atoms with van der Waals surface area (Å²) in [4.78, 5) is 23.1. The predicted octanol–water partition coefficient (Wildman–Crippen LogP) is 3.16. The Kier molecular flexibility index (Phi) is 9.11. The normalized spacial score (nSPS) is 11.0. The first-order chi connectivity index (χ1) is 12.3. The lowest BCUT2D eigenvalue weighted by molar-refractivity contribution is -0.147. The highest BCUT2D eigenvalue weighted by Crippen LogP contribution is 2.30. The summed E-state index contributed by atoms with van der Waals surface area (Å²) in [6.45, 7) is 2.68. The van der Waals surface area contributed by atoms with E-state index < -0.39 is 12.5 Å². The van der Waals surface area contributed by atoms with Crippen molar-refractivity contribution in [3.63, 3.8) is 0 Å². The van der Waals surface area contributed by atoms with Crippen LogP contribution >= 0.6 is 0 Å². The topological polar surface area (TPSA) is 73.9 Å². The maximum Gasteiger partial charge on any atom is 0.387 e. The number of ether oxygens (including phenoxy) is 3. The maximum atomic E-state index is 12.4. The van der Waals surface area contributed by atoms with Crippen LogP contribution in [-0.4, -0.2) is 37.7 Å². The molecule has 0 saturated heterocycles. The van der Waals surface area contributed by atoms with Crippen LogP contribution in [0.2, 0.25) is 0 Å². The van der Waals surface area contributed by atoms with Gasteiger partial charge in [0.05, 0.1) is 19.1 Å². The van der Waals surface area contributed by atoms with Crippen LogP contribution in [0.25, 0.3) is 6.08 Å².